The summed E-state index contributed by atoms with van der Waals surface area (Å²) in [5, 5.41) is 16.1. The van der Waals surface area contributed by atoms with Crippen LogP contribution in [0.15, 0.2) is 0 Å². The van der Waals surface area contributed by atoms with Crippen molar-refractivity contribution in [1.29, 1.82) is 0 Å². The third-order valence-electron chi connectivity index (χ3n) is 4.05. The third kappa shape index (κ3) is 9.82. The van der Waals surface area contributed by atoms with Gasteiger partial charge in [0.2, 0.25) is 29.5 Å². The van der Waals surface area contributed by atoms with Gasteiger partial charge in [-0.05, 0) is 19.3 Å². The Kier molecular flexibility index (Phi) is 11.0. The van der Waals surface area contributed by atoms with E-state index in [4.69, 9.17) is 22.3 Å². The van der Waals surface area contributed by atoms with E-state index in [1.165, 1.54) is 6.92 Å². The van der Waals surface area contributed by atoms with Crippen LogP contribution in [0.3, 0.4) is 0 Å². The van der Waals surface area contributed by atoms with Crippen LogP contribution in [0.5, 0.6) is 0 Å². The zero-order valence-corrected chi connectivity index (χ0v) is 17.1. The van der Waals surface area contributed by atoms with Crippen LogP contribution in [0.25, 0.3) is 0 Å². The number of hydrogen-bond acceptors (Lipinski definition) is 7. The number of primary amides is 2. The molecule has 0 saturated heterocycles. The molecule has 0 rings (SSSR count). The van der Waals surface area contributed by atoms with E-state index in [0.29, 0.717) is 0 Å². The van der Waals surface area contributed by atoms with Gasteiger partial charge in [0.1, 0.15) is 18.1 Å². The SMILES string of the molecule is CC(NC(=O)C(NC(=O)C(N)CC(N)=O)C(C)C)C(=O)NC(CCC(N)=O)C(=O)O. The fraction of sp³-hybridized carbons (Fsp3) is 0.647. The van der Waals surface area contributed by atoms with Gasteiger partial charge in [-0.2, -0.15) is 0 Å². The number of nitrogens with one attached hydrogen (secondary N) is 3. The summed E-state index contributed by atoms with van der Waals surface area (Å²) in [5.41, 5.74) is 15.5. The van der Waals surface area contributed by atoms with Crippen molar-refractivity contribution in [1.82, 2.24) is 16.0 Å². The molecule has 4 unspecified atom stereocenters. The molecule has 0 saturated carbocycles. The van der Waals surface area contributed by atoms with Crippen molar-refractivity contribution in [3.05, 3.63) is 0 Å². The summed E-state index contributed by atoms with van der Waals surface area (Å²) in [6.07, 6.45) is -0.858. The van der Waals surface area contributed by atoms with Crippen LogP contribution in [0.1, 0.15) is 40.0 Å². The molecule has 0 aromatic rings. The molecule has 0 aliphatic heterocycles. The van der Waals surface area contributed by atoms with Crippen molar-refractivity contribution in [2.24, 2.45) is 23.1 Å². The Morgan fingerprint density at radius 1 is 0.833 bits per heavy atom. The molecule has 13 heteroatoms. The number of carbonyl (C=O) groups excluding carboxylic acids is 5. The smallest absolute Gasteiger partial charge is 0.326 e. The number of carbonyl (C=O) groups is 6. The molecule has 0 fully saturated rings. The van der Waals surface area contributed by atoms with E-state index in [1.807, 2.05) is 0 Å². The summed E-state index contributed by atoms with van der Waals surface area (Å²) in [6.45, 7) is 4.59. The van der Waals surface area contributed by atoms with Gasteiger partial charge in [-0.25, -0.2) is 4.79 Å². The highest BCUT2D eigenvalue weighted by molar-refractivity contribution is 5.95. The first-order chi connectivity index (χ1) is 13.8. The average Bonchev–Trinajstić information content (AvgIpc) is 2.60. The molecular formula is C17H30N6O7. The molecule has 10 N–H and O–H groups in total. The molecule has 0 spiro atoms. The number of carboxylic acid groups (broad SMARTS) is 1. The Hall–Kier alpha value is -3.22. The Labute approximate surface area is 173 Å². The van der Waals surface area contributed by atoms with E-state index in [1.54, 1.807) is 13.8 Å². The largest absolute Gasteiger partial charge is 0.480 e. The Bertz CT molecular complexity index is 682. The molecule has 0 aliphatic rings. The number of nitrogens with two attached hydrogens (primary N) is 3. The first-order valence-corrected chi connectivity index (χ1v) is 9.22. The van der Waals surface area contributed by atoms with Crippen LogP contribution in [-0.2, 0) is 28.8 Å². The van der Waals surface area contributed by atoms with Crippen molar-refractivity contribution in [3.8, 4) is 0 Å². The van der Waals surface area contributed by atoms with Gasteiger partial charge in [-0.1, -0.05) is 13.8 Å². The second-order valence-corrected chi connectivity index (χ2v) is 7.14. The van der Waals surface area contributed by atoms with Gasteiger partial charge >= 0.3 is 5.97 Å². The zero-order chi connectivity index (χ0) is 23.6. The highest BCUT2D eigenvalue weighted by Crippen LogP contribution is 2.04. The molecule has 5 amide bonds. The minimum absolute atomic E-state index is 0.209. The Morgan fingerprint density at radius 3 is 1.83 bits per heavy atom. The second-order valence-electron chi connectivity index (χ2n) is 7.14. The van der Waals surface area contributed by atoms with Crippen LogP contribution in [0.2, 0.25) is 0 Å². The molecule has 0 aromatic carbocycles. The van der Waals surface area contributed by atoms with Gasteiger partial charge in [-0.3, -0.25) is 24.0 Å². The molecule has 170 valence electrons. The fourth-order valence-electron chi connectivity index (χ4n) is 2.31. The van der Waals surface area contributed by atoms with Gasteiger partial charge in [0.05, 0.1) is 12.5 Å². The van der Waals surface area contributed by atoms with Gasteiger partial charge in [-0.15, -0.1) is 0 Å². The number of hydrogen-bond donors (Lipinski definition) is 7. The summed E-state index contributed by atoms with van der Waals surface area (Å²) in [6, 6.07) is -4.82. The molecule has 0 aliphatic carbocycles. The van der Waals surface area contributed by atoms with Crippen LogP contribution in [0, 0.1) is 5.92 Å². The summed E-state index contributed by atoms with van der Waals surface area (Å²) in [5.74, 6) is -5.54. The molecule has 0 bridgehead atoms. The monoisotopic (exact) mass is 430 g/mol. The number of carboxylic acids is 1. The van der Waals surface area contributed by atoms with E-state index in [-0.39, 0.29) is 12.8 Å². The summed E-state index contributed by atoms with van der Waals surface area (Å²) in [4.78, 5) is 69.7. The van der Waals surface area contributed by atoms with Crippen molar-refractivity contribution in [2.75, 3.05) is 0 Å². The summed E-state index contributed by atoms with van der Waals surface area (Å²) in [7, 11) is 0. The molecule has 0 heterocycles. The van der Waals surface area contributed by atoms with E-state index >= 15 is 0 Å². The maximum absolute atomic E-state index is 12.5. The summed E-state index contributed by atoms with van der Waals surface area (Å²) >= 11 is 0. The van der Waals surface area contributed by atoms with E-state index in [0.717, 1.165) is 0 Å². The quantitative estimate of drug-likeness (QED) is 0.155. The first kappa shape index (κ1) is 26.8. The average molecular weight is 430 g/mol. The first-order valence-electron chi connectivity index (χ1n) is 9.22. The Morgan fingerprint density at radius 2 is 1.40 bits per heavy atom. The molecular weight excluding hydrogens is 400 g/mol. The number of rotatable bonds is 13. The van der Waals surface area contributed by atoms with Crippen LogP contribution >= 0.6 is 0 Å². The van der Waals surface area contributed by atoms with Crippen LogP contribution < -0.4 is 33.2 Å². The lowest BCUT2D eigenvalue weighted by Crippen LogP contribution is -2.58. The lowest BCUT2D eigenvalue weighted by atomic mass is 10.0. The van der Waals surface area contributed by atoms with Crippen molar-refractivity contribution >= 4 is 35.5 Å². The molecule has 0 radical (unpaired) electrons. The highest BCUT2D eigenvalue weighted by atomic mass is 16.4. The topological polar surface area (TPSA) is 237 Å². The second kappa shape index (κ2) is 12.4. The normalized spacial score (nSPS) is 14.7. The van der Waals surface area contributed by atoms with E-state index in [9.17, 15) is 28.8 Å². The maximum atomic E-state index is 12.5. The molecule has 4 atom stereocenters. The van der Waals surface area contributed by atoms with Crippen molar-refractivity contribution in [2.45, 2.75) is 64.2 Å². The number of aliphatic carboxylic acids is 1. The molecule has 0 aromatic heterocycles. The number of amides is 5. The van der Waals surface area contributed by atoms with Crippen LogP contribution in [-0.4, -0.2) is 64.8 Å². The predicted molar refractivity (Wildman–Crippen MR) is 104 cm³/mol. The fourth-order valence-corrected chi connectivity index (χ4v) is 2.31. The minimum atomic E-state index is -1.36. The lowest BCUT2D eigenvalue weighted by molar-refractivity contribution is -0.142. The minimum Gasteiger partial charge on any atom is -0.480 e. The summed E-state index contributed by atoms with van der Waals surface area (Å²) < 4.78 is 0. The van der Waals surface area contributed by atoms with Crippen molar-refractivity contribution in [3.63, 3.8) is 0 Å². The van der Waals surface area contributed by atoms with Gasteiger partial charge in [0, 0.05) is 6.42 Å². The van der Waals surface area contributed by atoms with Gasteiger partial charge < -0.3 is 38.3 Å². The third-order valence-corrected chi connectivity index (χ3v) is 4.05. The predicted octanol–water partition coefficient (Wildman–Crippen LogP) is -3.33. The molecule has 30 heavy (non-hydrogen) atoms. The maximum Gasteiger partial charge on any atom is 0.326 e. The zero-order valence-electron chi connectivity index (χ0n) is 17.1. The van der Waals surface area contributed by atoms with Gasteiger partial charge in [0.25, 0.3) is 0 Å². The highest BCUT2D eigenvalue weighted by Gasteiger charge is 2.30. The standard InChI is InChI=1S/C17H30N6O7/c1-7(2)13(23-15(27)9(18)6-12(20)25)16(28)21-8(3)14(26)22-10(17(29)30)4-5-11(19)24/h7-10,13H,4-6,18H2,1-3H3,(H2,19,24)(H2,20,25)(H,21,28)(H,22,26)(H,23,27)(H,29,30). The van der Waals surface area contributed by atoms with Crippen molar-refractivity contribution < 1.29 is 33.9 Å². The molecule has 13 nitrogen and oxygen atoms in total. The van der Waals surface area contributed by atoms with E-state index in [2.05, 4.69) is 16.0 Å². The lowest BCUT2D eigenvalue weighted by Gasteiger charge is -2.25. The Balaban J connectivity index is 4.99. The van der Waals surface area contributed by atoms with Crippen LogP contribution in [0.4, 0.5) is 0 Å². The van der Waals surface area contributed by atoms with Gasteiger partial charge in [0.15, 0.2) is 0 Å². The van der Waals surface area contributed by atoms with E-state index < -0.39 is 72.0 Å².